The summed E-state index contributed by atoms with van der Waals surface area (Å²) in [4.78, 5) is 23.5. The van der Waals surface area contributed by atoms with Gasteiger partial charge in [0.1, 0.15) is 0 Å². The summed E-state index contributed by atoms with van der Waals surface area (Å²) in [6.45, 7) is 2.03. The summed E-state index contributed by atoms with van der Waals surface area (Å²) in [5.41, 5.74) is 1.48. The molecule has 0 spiro atoms. The molecule has 2 bridgehead atoms. The Hall–Kier alpha value is -1.64. The Morgan fingerprint density at radius 2 is 2.06 bits per heavy atom. The van der Waals surface area contributed by atoms with Gasteiger partial charge in [-0.25, -0.2) is 0 Å². The van der Waals surface area contributed by atoms with E-state index >= 15 is 0 Å². The standard InChI is InChI=1S/C13H12O3/c1-13-6-10(16-11(14)7-13)12(15)8-4-2-3-5-9(8)13/h2-5,10H,6-7H2,1H3/t10-,13+/m0/s1. The van der Waals surface area contributed by atoms with E-state index in [0.29, 0.717) is 18.4 Å². The molecule has 0 unspecified atom stereocenters. The number of benzene rings is 1. The molecule has 1 aliphatic heterocycles. The van der Waals surface area contributed by atoms with E-state index in [2.05, 4.69) is 0 Å². The Morgan fingerprint density at radius 3 is 2.88 bits per heavy atom. The van der Waals surface area contributed by atoms with Crippen LogP contribution in [-0.2, 0) is 14.9 Å². The number of ether oxygens (including phenoxy) is 1. The average Bonchev–Trinajstić information content (AvgIpc) is 2.25. The molecule has 2 aliphatic rings. The lowest BCUT2D eigenvalue weighted by Gasteiger charge is -2.42. The molecule has 3 heteroatoms. The maximum absolute atomic E-state index is 12.0. The number of fused-ring (bicyclic) bond motifs is 4. The number of hydrogen-bond acceptors (Lipinski definition) is 3. The zero-order chi connectivity index (χ0) is 11.3. The van der Waals surface area contributed by atoms with Crippen LogP contribution in [0.15, 0.2) is 24.3 Å². The van der Waals surface area contributed by atoms with Crippen LogP contribution in [0.2, 0.25) is 0 Å². The predicted octanol–water partition coefficient (Wildman–Crippen LogP) is 1.85. The van der Waals surface area contributed by atoms with E-state index in [4.69, 9.17) is 4.74 Å². The van der Waals surface area contributed by atoms with Crippen molar-refractivity contribution in [2.24, 2.45) is 0 Å². The Labute approximate surface area is 93.4 Å². The predicted molar refractivity (Wildman–Crippen MR) is 57.2 cm³/mol. The van der Waals surface area contributed by atoms with Crippen molar-refractivity contribution in [1.29, 1.82) is 0 Å². The van der Waals surface area contributed by atoms with Crippen LogP contribution in [-0.4, -0.2) is 17.9 Å². The fraction of sp³-hybridized carbons (Fsp3) is 0.385. The summed E-state index contributed by atoms with van der Waals surface area (Å²) >= 11 is 0. The minimum Gasteiger partial charge on any atom is -0.454 e. The number of hydrogen-bond donors (Lipinski definition) is 0. The first-order chi connectivity index (χ1) is 7.60. The molecule has 16 heavy (non-hydrogen) atoms. The van der Waals surface area contributed by atoms with Gasteiger partial charge < -0.3 is 4.74 Å². The third-order valence-corrected chi connectivity index (χ3v) is 3.58. The molecule has 1 heterocycles. The van der Waals surface area contributed by atoms with Crippen LogP contribution in [0.4, 0.5) is 0 Å². The molecule has 0 saturated carbocycles. The average molecular weight is 216 g/mol. The second-order valence-electron chi connectivity index (χ2n) is 4.83. The number of carbonyl (C=O) groups is 2. The molecular weight excluding hydrogens is 204 g/mol. The molecule has 1 fully saturated rings. The van der Waals surface area contributed by atoms with Crippen molar-refractivity contribution in [3.63, 3.8) is 0 Å². The lowest BCUT2D eigenvalue weighted by molar-refractivity contribution is -0.155. The summed E-state index contributed by atoms with van der Waals surface area (Å²) in [7, 11) is 0. The lowest BCUT2D eigenvalue weighted by atomic mass is 9.66. The van der Waals surface area contributed by atoms with Crippen LogP contribution in [0, 0.1) is 0 Å². The minimum atomic E-state index is -0.568. The highest BCUT2D eigenvalue weighted by Gasteiger charge is 2.47. The van der Waals surface area contributed by atoms with E-state index in [0.717, 1.165) is 5.56 Å². The zero-order valence-electron chi connectivity index (χ0n) is 9.03. The normalized spacial score (nSPS) is 31.9. The molecule has 1 aliphatic carbocycles. The van der Waals surface area contributed by atoms with Gasteiger partial charge in [-0.15, -0.1) is 0 Å². The third-order valence-electron chi connectivity index (χ3n) is 3.58. The number of rotatable bonds is 0. The fourth-order valence-electron chi connectivity index (χ4n) is 2.79. The summed E-state index contributed by atoms with van der Waals surface area (Å²) in [5.74, 6) is -0.317. The van der Waals surface area contributed by atoms with E-state index in [1.54, 1.807) is 0 Å². The number of ketones is 1. The van der Waals surface area contributed by atoms with E-state index in [-0.39, 0.29) is 17.2 Å². The van der Waals surface area contributed by atoms with Crippen molar-refractivity contribution in [3.05, 3.63) is 35.4 Å². The van der Waals surface area contributed by atoms with Gasteiger partial charge in [0.05, 0.1) is 6.42 Å². The highest BCUT2D eigenvalue weighted by molar-refractivity contribution is 6.04. The van der Waals surface area contributed by atoms with Gasteiger partial charge in [-0.1, -0.05) is 31.2 Å². The number of carbonyl (C=O) groups excluding carboxylic acids is 2. The van der Waals surface area contributed by atoms with E-state index in [1.165, 1.54) is 0 Å². The lowest BCUT2D eigenvalue weighted by Crippen LogP contribution is -2.47. The monoisotopic (exact) mass is 216 g/mol. The summed E-state index contributed by atoms with van der Waals surface area (Å²) in [6.07, 6.45) is 0.420. The van der Waals surface area contributed by atoms with Gasteiger partial charge in [-0.2, -0.15) is 0 Å². The quantitative estimate of drug-likeness (QED) is 0.621. The van der Waals surface area contributed by atoms with Crippen LogP contribution in [0.1, 0.15) is 35.7 Å². The Balaban J connectivity index is 2.23. The summed E-state index contributed by atoms with van der Waals surface area (Å²) in [5, 5.41) is 0. The Morgan fingerprint density at radius 1 is 1.31 bits per heavy atom. The van der Waals surface area contributed by atoms with Crippen LogP contribution in [0.5, 0.6) is 0 Å². The molecule has 0 amide bonds. The second kappa shape index (κ2) is 2.94. The van der Waals surface area contributed by atoms with Crippen molar-refractivity contribution < 1.29 is 14.3 Å². The zero-order valence-corrected chi connectivity index (χ0v) is 9.03. The molecule has 1 aromatic carbocycles. The highest BCUT2D eigenvalue weighted by Crippen LogP contribution is 2.43. The molecule has 1 aromatic rings. The maximum Gasteiger partial charge on any atom is 0.307 e. The molecule has 0 radical (unpaired) electrons. The van der Waals surface area contributed by atoms with Crippen molar-refractivity contribution >= 4 is 11.8 Å². The molecule has 2 atom stereocenters. The molecule has 0 N–H and O–H groups in total. The molecule has 3 nitrogen and oxygen atoms in total. The minimum absolute atomic E-state index is 0.0545. The van der Waals surface area contributed by atoms with Gasteiger partial charge in [0.15, 0.2) is 6.10 Å². The van der Waals surface area contributed by atoms with E-state index in [9.17, 15) is 9.59 Å². The van der Waals surface area contributed by atoms with Crippen molar-refractivity contribution in [2.75, 3.05) is 0 Å². The highest BCUT2D eigenvalue weighted by atomic mass is 16.5. The van der Waals surface area contributed by atoms with Crippen molar-refractivity contribution in [2.45, 2.75) is 31.3 Å². The van der Waals surface area contributed by atoms with Gasteiger partial charge >= 0.3 is 5.97 Å². The second-order valence-corrected chi connectivity index (χ2v) is 4.83. The molecule has 1 saturated heterocycles. The smallest absolute Gasteiger partial charge is 0.307 e. The first-order valence-corrected chi connectivity index (χ1v) is 5.43. The fourth-order valence-corrected chi connectivity index (χ4v) is 2.79. The molecule has 0 aromatic heterocycles. The Bertz CT molecular complexity index is 492. The van der Waals surface area contributed by atoms with Crippen LogP contribution in [0.3, 0.4) is 0 Å². The van der Waals surface area contributed by atoms with Gasteiger partial charge in [-0.3, -0.25) is 9.59 Å². The largest absolute Gasteiger partial charge is 0.454 e. The van der Waals surface area contributed by atoms with Crippen LogP contribution >= 0.6 is 0 Å². The SMILES string of the molecule is C[C@]12CC(=O)O[C@@H](C1)C(=O)c1ccccc12. The maximum atomic E-state index is 12.0. The van der Waals surface area contributed by atoms with Crippen molar-refractivity contribution in [3.8, 4) is 0 Å². The number of Topliss-reactive ketones (excluding diaryl/α,β-unsaturated/α-hetero) is 1. The van der Waals surface area contributed by atoms with Gasteiger partial charge in [0.25, 0.3) is 0 Å². The van der Waals surface area contributed by atoms with Crippen LogP contribution in [0.25, 0.3) is 0 Å². The molecule has 82 valence electrons. The Kier molecular flexibility index (Phi) is 1.76. The summed E-state index contributed by atoms with van der Waals surface area (Å²) in [6, 6.07) is 7.53. The van der Waals surface area contributed by atoms with Gasteiger partial charge in [-0.05, 0) is 5.56 Å². The first-order valence-electron chi connectivity index (χ1n) is 5.43. The molecular formula is C13H12O3. The summed E-state index contributed by atoms with van der Waals surface area (Å²) < 4.78 is 5.10. The van der Waals surface area contributed by atoms with Gasteiger partial charge in [0.2, 0.25) is 5.78 Å². The third kappa shape index (κ3) is 1.14. The van der Waals surface area contributed by atoms with Gasteiger partial charge in [0, 0.05) is 17.4 Å². The number of esters is 1. The topological polar surface area (TPSA) is 43.4 Å². The molecule has 3 rings (SSSR count). The van der Waals surface area contributed by atoms with Crippen molar-refractivity contribution in [1.82, 2.24) is 0 Å². The van der Waals surface area contributed by atoms with Crippen LogP contribution < -0.4 is 0 Å². The first kappa shape index (κ1) is 9.58. The van der Waals surface area contributed by atoms with E-state index in [1.807, 2.05) is 31.2 Å². The van der Waals surface area contributed by atoms with E-state index < -0.39 is 6.10 Å².